The van der Waals surface area contributed by atoms with Crippen LogP contribution in [0.15, 0.2) is 0 Å². The standard InChI is InChI=1S/C21H35NO3/c1-19(25)8-7-16-14-5-9-20(2)15(3-4-17(20)18(24)11-23)13(14)6-10-21(16,22)12-19/h13-17,23,25H,3-12,22H2,1-2H3/t13?,14-,15-,16?,17+,19-,20-,21-/m0/s1. The van der Waals surface area contributed by atoms with Gasteiger partial charge >= 0.3 is 0 Å². The van der Waals surface area contributed by atoms with Crippen LogP contribution in [-0.4, -0.2) is 33.7 Å². The summed E-state index contributed by atoms with van der Waals surface area (Å²) in [5.41, 5.74) is 6.14. The lowest BCUT2D eigenvalue weighted by atomic mass is 9.47. The van der Waals surface area contributed by atoms with E-state index in [1.807, 2.05) is 6.92 Å². The average molecular weight is 350 g/mol. The Kier molecular flexibility index (Phi) is 4.14. The van der Waals surface area contributed by atoms with E-state index in [0.717, 1.165) is 51.4 Å². The van der Waals surface area contributed by atoms with E-state index in [1.54, 1.807) is 0 Å². The zero-order chi connectivity index (χ0) is 18.0. The summed E-state index contributed by atoms with van der Waals surface area (Å²) in [6.45, 7) is 3.96. The molecule has 0 aliphatic heterocycles. The molecule has 4 N–H and O–H groups in total. The molecule has 4 heteroatoms. The molecule has 8 atom stereocenters. The summed E-state index contributed by atoms with van der Waals surface area (Å²) in [5.74, 6) is 2.60. The van der Waals surface area contributed by atoms with Gasteiger partial charge in [0.2, 0.25) is 0 Å². The molecule has 142 valence electrons. The maximum atomic E-state index is 12.3. The topological polar surface area (TPSA) is 83.5 Å². The molecule has 0 aromatic carbocycles. The number of carbonyl (C=O) groups is 1. The first-order valence-corrected chi connectivity index (χ1v) is 10.3. The smallest absolute Gasteiger partial charge is 0.161 e. The zero-order valence-corrected chi connectivity index (χ0v) is 15.8. The first kappa shape index (κ1) is 17.9. The highest BCUT2D eigenvalue weighted by molar-refractivity contribution is 5.83. The first-order chi connectivity index (χ1) is 11.7. The molecular formula is C21H35NO3. The highest BCUT2D eigenvalue weighted by Gasteiger charge is 2.61. The highest BCUT2D eigenvalue weighted by atomic mass is 16.3. The minimum Gasteiger partial charge on any atom is -0.390 e. The van der Waals surface area contributed by atoms with Gasteiger partial charge in [-0.25, -0.2) is 0 Å². The third-order valence-electron chi connectivity index (χ3n) is 8.94. The lowest BCUT2D eigenvalue weighted by Gasteiger charge is -2.60. The van der Waals surface area contributed by atoms with E-state index < -0.39 is 5.60 Å². The number of hydrogen-bond donors (Lipinski definition) is 3. The number of aliphatic hydroxyl groups is 2. The largest absolute Gasteiger partial charge is 0.390 e. The molecule has 0 heterocycles. The Bertz CT molecular complexity index is 561. The Labute approximate surface area is 151 Å². The predicted octanol–water partition coefficient (Wildman–Crippen LogP) is 2.65. The normalized spacial score (nSPS) is 55.2. The molecule has 4 rings (SSSR count). The second-order valence-corrected chi connectivity index (χ2v) is 10.3. The fourth-order valence-corrected chi connectivity index (χ4v) is 7.90. The van der Waals surface area contributed by atoms with Gasteiger partial charge in [-0.05, 0) is 93.8 Å². The van der Waals surface area contributed by atoms with Crippen molar-refractivity contribution in [2.75, 3.05) is 6.61 Å². The number of Topliss-reactive ketones (excluding diaryl/α,β-unsaturated/α-hetero) is 1. The van der Waals surface area contributed by atoms with Gasteiger partial charge in [-0.2, -0.15) is 0 Å². The van der Waals surface area contributed by atoms with Crippen molar-refractivity contribution >= 4 is 5.78 Å². The Balaban J connectivity index is 1.58. The van der Waals surface area contributed by atoms with E-state index in [4.69, 9.17) is 5.73 Å². The molecule has 0 amide bonds. The monoisotopic (exact) mass is 349 g/mol. The molecule has 0 radical (unpaired) electrons. The van der Waals surface area contributed by atoms with Crippen molar-refractivity contribution < 1.29 is 15.0 Å². The van der Waals surface area contributed by atoms with Crippen LogP contribution in [-0.2, 0) is 4.79 Å². The number of ketones is 1. The molecule has 0 spiro atoms. The summed E-state index contributed by atoms with van der Waals surface area (Å²) in [5, 5.41) is 19.9. The maximum Gasteiger partial charge on any atom is 0.161 e. The summed E-state index contributed by atoms with van der Waals surface area (Å²) in [6, 6.07) is 0. The van der Waals surface area contributed by atoms with Crippen LogP contribution in [0, 0.1) is 35.0 Å². The van der Waals surface area contributed by atoms with E-state index in [1.165, 1.54) is 6.42 Å². The van der Waals surface area contributed by atoms with Crippen LogP contribution < -0.4 is 5.73 Å². The van der Waals surface area contributed by atoms with Gasteiger partial charge in [-0.3, -0.25) is 4.79 Å². The van der Waals surface area contributed by atoms with Gasteiger partial charge in [0, 0.05) is 11.5 Å². The van der Waals surface area contributed by atoms with Crippen molar-refractivity contribution in [3.05, 3.63) is 0 Å². The first-order valence-electron chi connectivity index (χ1n) is 10.3. The summed E-state index contributed by atoms with van der Waals surface area (Å²) in [4.78, 5) is 12.3. The second-order valence-electron chi connectivity index (χ2n) is 10.3. The maximum absolute atomic E-state index is 12.3. The molecule has 4 aliphatic carbocycles. The van der Waals surface area contributed by atoms with Crippen LogP contribution in [0.5, 0.6) is 0 Å². The van der Waals surface area contributed by atoms with E-state index in [0.29, 0.717) is 23.7 Å². The molecule has 25 heavy (non-hydrogen) atoms. The molecular weight excluding hydrogens is 314 g/mol. The molecule has 4 fully saturated rings. The summed E-state index contributed by atoms with van der Waals surface area (Å²) >= 11 is 0. The Morgan fingerprint density at radius 1 is 1.00 bits per heavy atom. The van der Waals surface area contributed by atoms with Crippen LogP contribution in [0.3, 0.4) is 0 Å². The molecule has 4 saturated carbocycles. The van der Waals surface area contributed by atoms with Gasteiger partial charge in [-0.1, -0.05) is 6.92 Å². The molecule has 4 nitrogen and oxygen atoms in total. The third-order valence-corrected chi connectivity index (χ3v) is 8.94. The van der Waals surface area contributed by atoms with Crippen molar-refractivity contribution in [2.24, 2.45) is 40.7 Å². The second kappa shape index (κ2) is 5.77. The zero-order valence-electron chi connectivity index (χ0n) is 15.8. The van der Waals surface area contributed by atoms with Crippen LogP contribution in [0.4, 0.5) is 0 Å². The Morgan fingerprint density at radius 2 is 1.68 bits per heavy atom. The minimum absolute atomic E-state index is 0.0556. The summed E-state index contributed by atoms with van der Waals surface area (Å²) in [6.07, 6.45) is 9.17. The molecule has 2 unspecified atom stereocenters. The van der Waals surface area contributed by atoms with E-state index >= 15 is 0 Å². The average Bonchev–Trinajstić information content (AvgIpc) is 2.89. The van der Waals surface area contributed by atoms with Crippen molar-refractivity contribution in [1.82, 2.24) is 0 Å². The number of carbonyl (C=O) groups excluding carboxylic acids is 1. The van der Waals surface area contributed by atoms with Gasteiger partial charge in [-0.15, -0.1) is 0 Å². The summed E-state index contributed by atoms with van der Waals surface area (Å²) in [7, 11) is 0. The van der Waals surface area contributed by atoms with E-state index in [2.05, 4.69) is 6.92 Å². The molecule has 0 saturated heterocycles. The van der Waals surface area contributed by atoms with E-state index in [9.17, 15) is 15.0 Å². The number of hydrogen-bond acceptors (Lipinski definition) is 4. The lowest BCUT2D eigenvalue weighted by molar-refractivity contribution is -0.136. The highest BCUT2D eigenvalue weighted by Crippen LogP contribution is 2.65. The Hall–Kier alpha value is -0.450. The SMILES string of the molecule is C[C@]1(O)CCC2[C@H]3CC[C@]4(C)[C@@H](C(=O)CO)CC[C@H]4C3CC[C@]2(N)C1. The predicted molar refractivity (Wildman–Crippen MR) is 96.7 cm³/mol. The van der Waals surface area contributed by atoms with E-state index in [-0.39, 0.29) is 29.3 Å². The van der Waals surface area contributed by atoms with Gasteiger partial charge in [0.15, 0.2) is 5.78 Å². The quantitative estimate of drug-likeness (QED) is 0.716. The van der Waals surface area contributed by atoms with Crippen LogP contribution >= 0.6 is 0 Å². The van der Waals surface area contributed by atoms with Crippen LogP contribution in [0.1, 0.15) is 71.6 Å². The summed E-state index contributed by atoms with van der Waals surface area (Å²) < 4.78 is 0. The van der Waals surface area contributed by atoms with Crippen LogP contribution in [0.2, 0.25) is 0 Å². The molecule has 0 aromatic rings. The molecule has 4 aliphatic rings. The fourth-order valence-electron chi connectivity index (χ4n) is 7.90. The van der Waals surface area contributed by atoms with Gasteiger partial charge in [0.05, 0.1) is 5.60 Å². The number of nitrogens with two attached hydrogens (primary N) is 1. The van der Waals surface area contributed by atoms with Crippen molar-refractivity contribution in [2.45, 2.75) is 82.8 Å². The van der Waals surface area contributed by atoms with Gasteiger partial charge in [0.25, 0.3) is 0 Å². The van der Waals surface area contributed by atoms with Crippen molar-refractivity contribution in [3.8, 4) is 0 Å². The third kappa shape index (κ3) is 2.62. The van der Waals surface area contributed by atoms with Crippen LogP contribution in [0.25, 0.3) is 0 Å². The van der Waals surface area contributed by atoms with Gasteiger partial charge < -0.3 is 15.9 Å². The minimum atomic E-state index is -0.604. The number of fused-ring (bicyclic) bond motifs is 5. The Morgan fingerprint density at radius 3 is 2.40 bits per heavy atom. The van der Waals surface area contributed by atoms with Crippen molar-refractivity contribution in [1.29, 1.82) is 0 Å². The number of aliphatic hydroxyl groups excluding tert-OH is 1. The molecule has 0 bridgehead atoms. The fraction of sp³-hybridized carbons (Fsp3) is 0.952. The molecule has 0 aromatic heterocycles. The van der Waals surface area contributed by atoms with Crippen molar-refractivity contribution in [3.63, 3.8) is 0 Å². The number of rotatable bonds is 2. The van der Waals surface area contributed by atoms with Gasteiger partial charge in [0.1, 0.15) is 6.61 Å². The lowest BCUT2D eigenvalue weighted by Crippen LogP contribution is -2.63.